The highest BCUT2D eigenvalue weighted by Gasteiger charge is 2.25. The van der Waals surface area contributed by atoms with E-state index in [9.17, 15) is 0 Å². The summed E-state index contributed by atoms with van der Waals surface area (Å²) in [6, 6.07) is 0.725. The summed E-state index contributed by atoms with van der Waals surface area (Å²) in [4.78, 5) is 0. The van der Waals surface area contributed by atoms with Crippen molar-refractivity contribution in [2.45, 2.75) is 70.8 Å². The van der Waals surface area contributed by atoms with Crippen molar-refractivity contribution in [3.05, 3.63) is 0 Å². The van der Waals surface area contributed by atoms with Crippen LogP contribution in [0.1, 0.15) is 64.7 Å². The molecule has 0 radical (unpaired) electrons. The van der Waals surface area contributed by atoms with Crippen molar-refractivity contribution in [1.82, 2.24) is 10.9 Å². The monoisotopic (exact) mass is 238 g/mol. The van der Waals surface area contributed by atoms with E-state index in [2.05, 4.69) is 17.8 Å². The van der Waals surface area contributed by atoms with Gasteiger partial charge in [0, 0.05) is 6.04 Å². The molecular weight excluding hydrogens is 208 g/mol. The second kappa shape index (κ2) is 6.75. The highest BCUT2D eigenvalue weighted by atomic mass is 15.3. The van der Waals surface area contributed by atoms with Crippen LogP contribution in [0.3, 0.4) is 0 Å². The van der Waals surface area contributed by atoms with Crippen LogP contribution in [-0.4, -0.2) is 13.1 Å². The molecule has 0 aromatic carbocycles. The lowest BCUT2D eigenvalue weighted by Gasteiger charge is -2.33. The standard InChI is InChI=1S/C15H30N2/c1-12-3-5-13(6-4-12)11-14-7-9-15(10-8-14)17-16-2/h12-17H,3-11H2,1-2H3. The van der Waals surface area contributed by atoms with Gasteiger partial charge in [-0.2, -0.15) is 0 Å². The minimum atomic E-state index is 0.725. The molecular formula is C15H30N2. The van der Waals surface area contributed by atoms with Crippen LogP contribution in [0.4, 0.5) is 0 Å². The van der Waals surface area contributed by atoms with Gasteiger partial charge in [0.15, 0.2) is 0 Å². The smallest absolute Gasteiger partial charge is 0.0213 e. The van der Waals surface area contributed by atoms with Crippen LogP contribution in [0, 0.1) is 17.8 Å². The molecule has 0 aromatic rings. The summed E-state index contributed by atoms with van der Waals surface area (Å²) in [5, 5.41) is 0. The molecule has 0 saturated heterocycles. The second-order valence-electron chi connectivity index (χ2n) is 6.47. The van der Waals surface area contributed by atoms with Crippen molar-refractivity contribution < 1.29 is 0 Å². The van der Waals surface area contributed by atoms with Gasteiger partial charge in [-0.25, -0.2) is 0 Å². The fraction of sp³-hybridized carbons (Fsp3) is 1.00. The number of hydrazine groups is 1. The summed E-state index contributed by atoms with van der Waals surface area (Å²) in [5.41, 5.74) is 6.45. The molecule has 0 aromatic heterocycles. The molecule has 0 unspecified atom stereocenters. The SMILES string of the molecule is CNNC1CCC(CC2CCC(C)CC2)CC1. The van der Waals surface area contributed by atoms with Gasteiger partial charge in [0.2, 0.25) is 0 Å². The molecule has 0 bridgehead atoms. The van der Waals surface area contributed by atoms with Crippen LogP contribution in [-0.2, 0) is 0 Å². The largest absolute Gasteiger partial charge is 0.261 e. The van der Waals surface area contributed by atoms with Crippen molar-refractivity contribution in [2.24, 2.45) is 17.8 Å². The average Bonchev–Trinajstić information content (AvgIpc) is 2.35. The Labute approximate surface area is 107 Å². The molecule has 0 atom stereocenters. The van der Waals surface area contributed by atoms with Crippen LogP contribution in [0.2, 0.25) is 0 Å². The van der Waals surface area contributed by atoms with E-state index in [1.165, 1.54) is 57.8 Å². The van der Waals surface area contributed by atoms with Crippen LogP contribution in [0.25, 0.3) is 0 Å². The number of hydrogen-bond donors (Lipinski definition) is 2. The van der Waals surface area contributed by atoms with Gasteiger partial charge in [0.25, 0.3) is 0 Å². The van der Waals surface area contributed by atoms with Crippen molar-refractivity contribution in [3.63, 3.8) is 0 Å². The Morgan fingerprint density at radius 1 is 0.824 bits per heavy atom. The van der Waals surface area contributed by atoms with Crippen LogP contribution in [0.5, 0.6) is 0 Å². The first-order valence-corrected chi connectivity index (χ1v) is 7.70. The van der Waals surface area contributed by atoms with Crippen LogP contribution in [0.15, 0.2) is 0 Å². The average molecular weight is 238 g/mol. The van der Waals surface area contributed by atoms with Crippen molar-refractivity contribution in [2.75, 3.05) is 7.05 Å². The molecule has 0 heterocycles. The van der Waals surface area contributed by atoms with Crippen molar-refractivity contribution in [1.29, 1.82) is 0 Å². The quantitative estimate of drug-likeness (QED) is 0.733. The molecule has 2 rings (SSSR count). The van der Waals surface area contributed by atoms with E-state index in [0.29, 0.717) is 0 Å². The predicted molar refractivity (Wildman–Crippen MR) is 73.7 cm³/mol. The van der Waals surface area contributed by atoms with E-state index in [-0.39, 0.29) is 0 Å². The van der Waals surface area contributed by atoms with Crippen molar-refractivity contribution >= 4 is 0 Å². The summed E-state index contributed by atoms with van der Waals surface area (Å²) >= 11 is 0. The first-order chi connectivity index (χ1) is 8.28. The minimum Gasteiger partial charge on any atom is -0.261 e. The number of hydrogen-bond acceptors (Lipinski definition) is 2. The topological polar surface area (TPSA) is 24.1 Å². The Hall–Kier alpha value is -0.0800. The maximum Gasteiger partial charge on any atom is 0.0213 e. The van der Waals surface area contributed by atoms with Gasteiger partial charge < -0.3 is 0 Å². The summed E-state index contributed by atoms with van der Waals surface area (Å²) < 4.78 is 0. The van der Waals surface area contributed by atoms with E-state index in [1.54, 1.807) is 0 Å². The molecule has 2 saturated carbocycles. The van der Waals surface area contributed by atoms with Crippen LogP contribution >= 0.6 is 0 Å². The highest BCUT2D eigenvalue weighted by Crippen LogP contribution is 2.36. The third-order valence-corrected chi connectivity index (χ3v) is 5.00. The zero-order chi connectivity index (χ0) is 12.1. The van der Waals surface area contributed by atoms with Gasteiger partial charge >= 0.3 is 0 Å². The third-order valence-electron chi connectivity index (χ3n) is 5.00. The Morgan fingerprint density at radius 3 is 1.88 bits per heavy atom. The maximum absolute atomic E-state index is 3.36. The predicted octanol–water partition coefficient (Wildman–Crippen LogP) is 3.49. The molecule has 2 nitrogen and oxygen atoms in total. The lowest BCUT2D eigenvalue weighted by molar-refractivity contribution is 0.200. The van der Waals surface area contributed by atoms with Gasteiger partial charge in [-0.15, -0.1) is 0 Å². The highest BCUT2D eigenvalue weighted by molar-refractivity contribution is 4.79. The molecule has 2 aliphatic rings. The molecule has 2 fully saturated rings. The zero-order valence-corrected chi connectivity index (χ0v) is 11.7. The van der Waals surface area contributed by atoms with Crippen molar-refractivity contribution in [3.8, 4) is 0 Å². The zero-order valence-electron chi connectivity index (χ0n) is 11.7. The molecule has 100 valence electrons. The van der Waals surface area contributed by atoms with E-state index >= 15 is 0 Å². The van der Waals surface area contributed by atoms with Gasteiger partial charge in [-0.05, 0) is 56.9 Å². The molecule has 0 aliphatic heterocycles. The lowest BCUT2D eigenvalue weighted by atomic mass is 9.75. The molecule has 2 aliphatic carbocycles. The summed E-state index contributed by atoms with van der Waals surface area (Å²) in [6.07, 6.45) is 13.2. The summed E-state index contributed by atoms with van der Waals surface area (Å²) in [6.45, 7) is 2.42. The van der Waals surface area contributed by atoms with E-state index in [1.807, 2.05) is 7.05 Å². The van der Waals surface area contributed by atoms with Crippen LogP contribution < -0.4 is 10.9 Å². The second-order valence-corrected chi connectivity index (χ2v) is 6.47. The van der Waals surface area contributed by atoms with Gasteiger partial charge in [0.05, 0.1) is 0 Å². The third kappa shape index (κ3) is 4.26. The molecule has 2 N–H and O–H groups in total. The molecule has 0 amide bonds. The van der Waals surface area contributed by atoms with Gasteiger partial charge in [0.1, 0.15) is 0 Å². The molecule has 0 spiro atoms. The Kier molecular flexibility index (Phi) is 5.30. The summed E-state index contributed by atoms with van der Waals surface area (Å²) in [5.74, 6) is 3.09. The fourth-order valence-electron chi connectivity index (χ4n) is 3.78. The van der Waals surface area contributed by atoms with E-state index in [4.69, 9.17) is 0 Å². The van der Waals surface area contributed by atoms with Gasteiger partial charge in [-0.1, -0.05) is 32.6 Å². The van der Waals surface area contributed by atoms with Gasteiger partial charge in [-0.3, -0.25) is 10.9 Å². The summed E-state index contributed by atoms with van der Waals surface area (Å²) in [7, 11) is 1.98. The normalized spacial score (nSPS) is 39.2. The first-order valence-electron chi connectivity index (χ1n) is 7.70. The minimum absolute atomic E-state index is 0.725. The number of rotatable bonds is 4. The Morgan fingerprint density at radius 2 is 1.35 bits per heavy atom. The van der Waals surface area contributed by atoms with E-state index < -0.39 is 0 Å². The fourth-order valence-corrected chi connectivity index (χ4v) is 3.78. The molecule has 2 heteroatoms. The maximum atomic E-state index is 3.36. The lowest BCUT2D eigenvalue weighted by Crippen LogP contribution is -2.40. The molecule has 17 heavy (non-hydrogen) atoms. The van der Waals surface area contributed by atoms with E-state index in [0.717, 1.165) is 23.8 Å². The first kappa shape index (κ1) is 13.4. The number of nitrogens with one attached hydrogen (secondary N) is 2. The Bertz CT molecular complexity index is 201. The Balaban J connectivity index is 1.64.